The molecule has 1 atom stereocenters. The lowest BCUT2D eigenvalue weighted by atomic mass is 9.77. The van der Waals surface area contributed by atoms with E-state index in [2.05, 4.69) is 14.9 Å². The van der Waals surface area contributed by atoms with Crippen LogP contribution in [0.2, 0.25) is 0 Å². The molecule has 2 aliphatic rings. The van der Waals surface area contributed by atoms with Crippen LogP contribution in [0.1, 0.15) is 36.1 Å². The van der Waals surface area contributed by atoms with Gasteiger partial charge in [-0.1, -0.05) is 6.07 Å². The van der Waals surface area contributed by atoms with Crippen LogP contribution in [0.15, 0.2) is 52.4 Å². The monoisotopic (exact) mass is 403 g/mol. The average Bonchev–Trinajstić information content (AvgIpc) is 3.10. The van der Waals surface area contributed by atoms with Gasteiger partial charge in [0.05, 0.1) is 5.69 Å². The summed E-state index contributed by atoms with van der Waals surface area (Å²) in [7, 11) is 1.78. The second-order valence-electron chi connectivity index (χ2n) is 8.53. The molecule has 0 radical (unpaired) electrons. The van der Waals surface area contributed by atoms with Crippen LogP contribution in [0.4, 0.5) is 0 Å². The number of piperidine rings is 1. The van der Waals surface area contributed by atoms with Crippen molar-refractivity contribution in [2.45, 2.75) is 37.6 Å². The number of fused-ring (bicyclic) bond motifs is 2. The lowest BCUT2D eigenvalue weighted by molar-refractivity contribution is 0.136. The topological polar surface area (TPSA) is 83.9 Å². The van der Waals surface area contributed by atoms with Gasteiger partial charge in [-0.25, -0.2) is 4.98 Å². The highest BCUT2D eigenvalue weighted by Crippen LogP contribution is 2.43. The highest BCUT2D eigenvalue weighted by molar-refractivity contribution is 5.54. The highest BCUT2D eigenvalue weighted by Gasteiger charge is 2.44. The molecule has 1 saturated heterocycles. The summed E-state index contributed by atoms with van der Waals surface area (Å²) >= 11 is 0. The fourth-order valence-electron chi connectivity index (χ4n) is 5.07. The Labute approximate surface area is 174 Å². The molecule has 1 aliphatic carbocycles. The van der Waals surface area contributed by atoms with Gasteiger partial charge in [0, 0.05) is 60.8 Å². The van der Waals surface area contributed by atoms with Crippen LogP contribution in [-0.4, -0.2) is 37.5 Å². The van der Waals surface area contributed by atoms with Crippen molar-refractivity contribution >= 4 is 0 Å². The number of aryl methyl sites for hydroxylation is 1. The Hall–Kier alpha value is -3.06. The second kappa shape index (κ2) is 7.32. The van der Waals surface area contributed by atoms with E-state index in [1.165, 1.54) is 0 Å². The van der Waals surface area contributed by atoms with Gasteiger partial charge in [-0.2, -0.15) is 0 Å². The quantitative estimate of drug-likeness (QED) is 0.723. The highest BCUT2D eigenvalue weighted by atomic mass is 16.1. The molecular formula is C23H25N5O2. The van der Waals surface area contributed by atoms with Gasteiger partial charge in [0.25, 0.3) is 11.1 Å². The van der Waals surface area contributed by atoms with Crippen molar-refractivity contribution in [3.8, 4) is 11.4 Å². The molecule has 3 aromatic rings. The van der Waals surface area contributed by atoms with Crippen LogP contribution < -0.4 is 11.1 Å². The van der Waals surface area contributed by atoms with E-state index in [-0.39, 0.29) is 16.5 Å². The molecule has 3 aromatic heterocycles. The van der Waals surface area contributed by atoms with Crippen LogP contribution in [0.25, 0.3) is 11.4 Å². The largest absolute Gasteiger partial charge is 0.318 e. The van der Waals surface area contributed by atoms with Gasteiger partial charge in [-0.15, -0.1) is 0 Å². The Morgan fingerprint density at radius 1 is 1.20 bits per heavy atom. The first-order chi connectivity index (χ1) is 14.6. The van der Waals surface area contributed by atoms with E-state index in [0.717, 1.165) is 61.2 Å². The lowest BCUT2D eigenvalue weighted by Crippen LogP contribution is -2.46. The van der Waals surface area contributed by atoms with Gasteiger partial charge >= 0.3 is 0 Å². The number of nitrogens with one attached hydrogen (secondary N) is 1. The number of hydrogen-bond acceptors (Lipinski definition) is 5. The molecule has 0 amide bonds. The maximum atomic E-state index is 12.8. The number of likely N-dealkylation sites (tertiary alicyclic amines) is 1. The van der Waals surface area contributed by atoms with E-state index in [0.29, 0.717) is 12.4 Å². The van der Waals surface area contributed by atoms with Gasteiger partial charge in [0.2, 0.25) is 0 Å². The van der Waals surface area contributed by atoms with Crippen LogP contribution in [-0.2, 0) is 25.4 Å². The number of pyridine rings is 2. The number of aromatic amines is 1. The minimum absolute atomic E-state index is 0.0372. The maximum Gasteiger partial charge on any atom is 0.254 e. The fraction of sp³-hybridized carbons (Fsp3) is 0.391. The minimum Gasteiger partial charge on any atom is -0.318 e. The molecule has 0 saturated carbocycles. The summed E-state index contributed by atoms with van der Waals surface area (Å²) in [4.78, 5) is 39.7. The third-order valence-corrected chi connectivity index (χ3v) is 6.56. The van der Waals surface area contributed by atoms with Crippen molar-refractivity contribution in [2.24, 2.45) is 7.05 Å². The van der Waals surface area contributed by atoms with E-state index in [4.69, 9.17) is 4.98 Å². The summed E-state index contributed by atoms with van der Waals surface area (Å²) < 4.78 is 1.63. The normalized spacial score (nSPS) is 21.1. The third kappa shape index (κ3) is 3.19. The zero-order valence-corrected chi connectivity index (χ0v) is 17.1. The van der Waals surface area contributed by atoms with E-state index >= 15 is 0 Å². The van der Waals surface area contributed by atoms with E-state index in [9.17, 15) is 9.59 Å². The summed E-state index contributed by atoms with van der Waals surface area (Å²) in [6.45, 7) is 2.40. The molecule has 7 heteroatoms. The van der Waals surface area contributed by atoms with Crippen LogP contribution in [0.5, 0.6) is 0 Å². The first-order valence-corrected chi connectivity index (χ1v) is 10.5. The molecule has 0 bridgehead atoms. The Kier molecular flexibility index (Phi) is 4.62. The fourth-order valence-corrected chi connectivity index (χ4v) is 5.07. The van der Waals surface area contributed by atoms with Crippen molar-refractivity contribution in [3.63, 3.8) is 0 Å². The molecule has 154 valence electrons. The molecule has 1 unspecified atom stereocenters. The maximum absolute atomic E-state index is 12.8. The molecule has 1 aliphatic heterocycles. The standard InChI is InChI=1S/C23H25N5O2/c1-27-11-3-6-17(22(27)30)14-28-12-4-8-23(15-28)9-7-18-19(23)25-20(26-21(18)29)16-5-2-10-24-13-16/h2-3,5-6,10-11,13H,4,7-9,12,14-15H2,1H3,(H,25,26,29). The minimum atomic E-state index is -0.126. The molecular weight excluding hydrogens is 378 g/mol. The molecule has 1 fully saturated rings. The van der Waals surface area contributed by atoms with Crippen molar-refractivity contribution < 1.29 is 0 Å². The van der Waals surface area contributed by atoms with Crippen molar-refractivity contribution in [1.29, 1.82) is 0 Å². The van der Waals surface area contributed by atoms with Crippen LogP contribution >= 0.6 is 0 Å². The van der Waals surface area contributed by atoms with Crippen LogP contribution in [0, 0.1) is 0 Å². The zero-order valence-electron chi connectivity index (χ0n) is 17.1. The van der Waals surface area contributed by atoms with Crippen LogP contribution in [0.3, 0.4) is 0 Å². The number of hydrogen-bond donors (Lipinski definition) is 1. The second-order valence-corrected chi connectivity index (χ2v) is 8.53. The number of nitrogens with zero attached hydrogens (tertiary/aromatic N) is 4. The molecule has 1 N–H and O–H groups in total. The zero-order chi connectivity index (χ0) is 20.7. The summed E-state index contributed by atoms with van der Waals surface area (Å²) in [6.07, 6.45) is 8.96. The number of aromatic nitrogens is 4. The van der Waals surface area contributed by atoms with Crippen molar-refractivity contribution in [1.82, 2.24) is 24.4 Å². The first-order valence-electron chi connectivity index (χ1n) is 10.5. The molecule has 5 rings (SSSR count). The number of rotatable bonds is 3. The van der Waals surface area contributed by atoms with E-state index in [1.807, 2.05) is 24.3 Å². The predicted octanol–water partition coefficient (Wildman–Crippen LogP) is 2.01. The Balaban J connectivity index is 1.49. The van der Waals surface area contributed by atoms with Gasteiger partial charge < -0.3 is 9.55 Å². The molecule has 0 aromatic carbocycles. The summed E-state index contributed by atoms with van der Waals surface area (Å²) in [5.41, 5.74) is 3.28. The Morgan fingerprint density at radius 2 is 2.10 bits per heavy atom. The summed E-state index contributed by atoms with van der Waals surface area (Å²) in [6, 6.07) is 7.59. The van der Waals surface area contributed by atoms with Crippen molar-refractivity contribution in [2.75, 3.05) is 13.1 Å². The first kappa shape index (κ1) is 18.9. The summed E-state index contributed by atoms with van der Waals surface area (Å²) in [5, 5.41) is 0. The average molecular weight is 403 g/mol. The van der Waals surface area contributed by atoms with Gasteiger partial charge in [0.1, 0.15) is 5.82 Å². The predicted molar refractivity (Wildman–Crippen MR) is 114 cm³/mol. The van der Waals surface area contributed by atoms with Gasteiger partial charge in [-0.05, 0) is 50.4 Å². The number of H-pyrrole nitrogens is 1. The summed E-state index contributed by atoms with van der Waals surface area (Å²) in [5.74, 6) is 0.585. The van der Waals surface area contributed by atoms with Gasteiger partial charge in [-0.3, -0.25) is 19.5 Å². The Bertz CT molecular complexity index is 1200. The molecule has 30 heavy (non-hydrogen) atoms. The molecule has 4 heterocycles. The van der Waals surface area contributed by atoms with Gasteiger partial charge in [0.15, 0.2) is 0 Å². The molecule has 7 nitrogen and oxygen atoms in total. The van der Waals surface area contributed by atoms with Crippen molar-refractivity contribution in [3.05, 3.63) is 80.4 Å². The van der Waals surface area contributed by atoms with E-state index in [1.54, 1.807) is 30.2 Å². The smallest absolute Gasteiger partial charge is 0.254 e. The SMILES string of the molecule is Cn1cccc(CN2CCCC3(CCc4c3nc(-c3cccnc3)[nH]c4=O)C2)c1=O. The molecule has 1 spiro atoms. The third-order valence-electron chi connectivity index (χ3n) is 6.56. The Morgan fingerprint density at radius 3 is 2.93 bits per heavy atom. The lowest BCUT2D eigenvalue weighted by Gasteiger charge is -2.40. The van der Waals surface area contributed by atoms with E-state index < -0.39 is 0 Å².